The molecule has 2 heterocycles. The van der Waals surface area contributed by atoms with Gasteiger partial charge in [-0.15, -0.1) is 0 Å². The second kappa shape index (κ2) is 4.16. The first kappa shape index (κ1) is 9.76. The van der Waals surface area contributed by atoms with E-state index in [4.69, 9.17) is 4.55 Å². The van der Waals surface area contributed by atoms with E-state index in [1.165, 1.54) is 0 Å². The van der Waals surface area contributed by atoms with Crippen molar-refractivity contribution in [1.29, 1.82) is 0 Å². The number of nitrogens with zero attached hydrogens (tertiary/aromatic N) is 2. The summed E-state index contributed by atoms with van der Waals surface area (Å²) in [5.41, 5.74) is 1.07. The van der Waals surface area contributed by atoms with E-state index in [9.17, 15) is 4.21 Å². The van der Waals surface area contributed by atoms with Crippen molar-refractivity contribution in [1.82, 2.24) is 9.29 Å². The van der Waals surface area contributed by atoms with Crippen molar-refractivity contribution in [2.45, 2.75) is 18.9 Å². The smallest absolute Gasteiger partial charge is 0.235 e. The average Bonchev–Trinajstić information content (AvgIpc) is 2.67. The second-order valence-corrected chi connectivity index (χ2v) is 4.24. The van der Waals surface area contributed by atoms with Crippen molar-refractivity contribution >= 4 is 11.3 Å². The van der Waals surface area contributed by atoms with Gasteiger partial charge in [-0.3, -0.25) is 9.54 Å². The molecule has 1 N–H and O–H groups in total. The van der Waals surface area contributed by atoms with Crippen LogP contribution in [0.2, 0.25) is 0 Å². The minimum Gasteiger partial charge on any atom is -0.294 e. The monoisotopic (exact) mass is 212 g/mol. The standard InChI is InChI=1S/C9H12N2O2S/c12-14(13)11-7-1-2-9(11)8-3-5-10-6-4-8/h3-6,9H,1-2,7H2,(H,12,13)/t9-/m0/s1. The molecule has 0 amide bonds. The Bertz CT molecular complexity index is 331. The molecule has 1 aromatic rings. The number of rotatable bonds is 2. The third kappa shape index (κ3) is 1.84. The van der Waals surface area contributed by atoms with Gasteiger partial charge in [0.25, 0.3) is 0 Å². The van der Waals surface area contributed by atoms with E-state index >= 15 is 0 Å². The van der Waals surface area contributed by atoms with Crippen LogP contribution >= 0.6 is 0 Å². The first-order chi connectivity index (χ1) is 6.79. The average molecular weight is 212 g/mol. The van der Waals surface area contributed by atoms with Crippen molar-refractivity contribution in [3.8, 4) is 0 Å². The molecule has 1 aliphatic rings. The lowest BCUT2D eigenvalue weighted by atomic mass is 10.1. The van der Waals surface area contributed by atoms with Gasteiger partial charge in [-0.05, 0) is 30.5 Å². The normalized spacial score (nSPS) is 25.1. The summed E-state index contributed by atoms with van der Waals surface area (Å²) >= 11 is -1.86. The van der Waals surface area contributed by atoms with Crippen LogP contribution in [0.5, 0.6) is 0 Å². The SMILES string of the molecule is O=S(O)N1CCC[C@H]1c1ccncc1. The molecule has 0 bridgehead atoms. The van der Waals surface area contributed by atoms with E-state index < -0.39 is 11.3 Å². The summed E-state index contributed by atoms with van der Waals surface area (Å²) in [5, 5.41) is 0. The molecule has 0 radical (unpaired) electrons. The molecule has 0 spiro atoms. The molecule has 0 aromatic carbocycles. The van der Waals surface area contributed by atoms with Gasteiger partial charge >= 0.3 is 0 Å². The minimum absolute atomic E-state index is 0.0730. The number of pyridine rings is 1. The molecule has 76 valence electrons. The molecule has 14 heavy (non-hydrogen) atoms. The third-order valence-electron chi connectivity index (χ3n) is 2.50. The van der Waals surface area contributed by atoms with E-state index in [2.05, 4.69) is 4.98 Å². The molecule has 1 aromatic heterocycles. The van der Waals surface area contributed by atoms with Crippen LogP contribution in [-0.2, 0) is 11.3 Å². The highest BCUT2D eigenvalue weighted by molar-refractivity contribution is 7.76. The van der Waals surface area contributed by atoms with E-state index in [1.807, 2.05) is 12.1 Å². The maximum absolute atomic E-state index is 11.0. The van der Waals surface area contributed by atoms with Crippen LogP contribution in [0.3, 0.4) is 0 Å². The van der Waals surface area contributed by atoms with Crippen molar-refractivity contribution in [3.05, 3.63) is 30.1 Å². The Morgan fingerprint density at radius 1 is 1.50 bits per heavy atom. The second-order valence-electron chi connectivity index (χ2n) is 3.31. The van der Waals surface area contributed by atoms with Crippen LogP contribution in [-0.4, -0.2) is 24.6 Å². The summed E-state index contributed by atoms with van der Waals surface area (Å²) in [5.74, 6) is 0. The van der Waals surface area contributed by atoms with Gasteiger partial charge in [-0.25, -0.2) is 4.21 Å². The zero-order valence-electron chi connectivity index (χ0n) is 7.67. The zero-order valence-corrected chi connectivity index (χ0v) is 8.48. The topological polar surface area (TPSA) is 53.4 Å². The van der Waals surface area contributed by atoms with E-state index in [1.54, 1.807) is 16.7 Å². The fraction of sp³-hybridized carbons (Fsp3) is 0.444. The lowest BCUT2D eigenvalue weighted by molar-refractivity contribution is 0.383. The highest BCUT2D eigenvalue weighted by Crippen LogP contribution is 2.31. The van der Waals surface area contributed by atoms with Crippen molar-refractivity contribution in [3.63, 3.8) is 0 Å². The Labute approximate surface area is 85.4 Å². The molecule has 1 saturated heterocycles. The number of hydrogen-bond acceptors (Lipinski definition) is 2. The van der Waals surface area contributed by atoms with Crippen LogP contribution < -0.4 is 0 Å². The van der Waals surface area contributed by atoms with Crippen LogP contribution in [0, 0.1) is 0 Å². The predicted octanol–water partition coefficient (Wildman–Crippen LogP) is 1.36. The maximum atomic E-state index is 11.0. The molecule has 1 aliphatic heterocycles. The summed E-state index contributed by atoms with van der Waals surface area (Å²) in [4.78, 5) is 3.93. The largest absolute Gasteiger partial charge is 0.294 e. The van der Waals surface area contributed by atoms with Gasteiger partial charge in [-0.2, -0.15) is 4.31 Å². The fourth-order valence-corrected chi connectivity index (χ4v) is 2.58. The first-order valence-electron chi connectivity index (χ1n) is 4.56. The fourth-order valence-electron chi connectivity index (χ4n) is 1.85. The lowest BCUT2D eigenvalue weighted by Crippen LogP contribution is -2.24. The summed E-state index contributed by atoms with van der Waals surface area (Å²) in [7, 11) is 0. The van der Waals surface area contributed by atoms with E-state index in [0.29, 0.717) is 6.54 Å². The summed E-state index contributed by atoms with van der Waals surface area (Å²) in [6.07, 6.45) is 5.34. The zero-order chi connectivity index (χ0) is 9.97. The molecule has 0 aliphatic carbocycles. The summed E-state index contributed by atoms with van der Waals surface area (Å²) in [6, 6.07) is 3.87. The van der Waals surface area contributed by atoms with Crippen molar-refractivity contribution in [2.75, 3.05) is 6.54 Å². The molecular weight excluding hydrogens is 200 g/mol. The van der Waals surface area contributed by atoms with Crippen LogP contribution in [0.25, 0.3) is 0 Å². The van der Waals surface area contributed by atoms with Gasteiger partial charge < -0.3 is 0 Å². The third-order valence-corrected chi connectivity index (χ3v) is 3.33. The highest BCUT2D eigenvalue weighted by atomic mass is 32.2. The summed E-state index contributed by atoms with van der Waals surface area (Å²) < 4.78 is 21.7. The molecule has 0 saturated carbocycles. The molecule has 2 rings (SSSR count). The molecule has 2 atom stereocenters. The molecule has 5 heteroatoms. The maximum Gasteiger partial charge on any atom is 0.235 e. The van der Waals surface area contributed by atoms with Crippen LogP contribution in [0.15, 0.2) is 24.5 Å². The van der Waals surface area contributed by atoms with Gasteiger partial charge in [0.15, 0.2) is 0 Å². The minimum atomic E-state index is -1.86. The Morgan fingerprint density at radius 3 is 2.86 bits per heavy atom. The predicted molar refractivity (Wildman–Crippen MR) is 53.7 cm³/mol. The first-order valence-corrected chi connectivity index (χ1v) is 5.63. The Hall–Kier alpha value is -0.780. The quantitative estimate of drug-likeness (QED) is 0.753. The molecular formula is C9H12N2O2S. The van der Waals surface area contributed by atoms with Gasteiger partial charge in [-0.1, -0.05) is 0 Å². The van der Waals surface area contributed by atoms with Crippen molar-refractivity contribution in [2.24, 2.45) is 0 Å². The molecule has 1 fully saturated rings. The molecule has 4 nitrogen and oxygen atoms in total. The van der Waals surface area contributed by atoms with Gasteiger partial charge in [0.05, 0.1) is 0 Å². The Kier molecular flexibility index (Phi) is 2.90. The van der Waals surface area contributed by atoms with Crippen molar-refractivity contribution < 1.29 is 8.76 Å². The lowest BCUT2D eigenvalue weighted by Gasteiger charge is -2.19. The van der Waals surface area contributed by atoms with Gasteiger partial charge in [0, 0.05) is 25.0 Å². The van der Waals surface area contributed by atoms with Crippen LogP contribution in [0.1, 0.15) is 24.4 Å². The number of hydrogen-bond donors (Lipinski definition) is 1. The highest BCUT2D eigenvalue weighted by Gasteiger charge is 2.29. The van der Waals surface area contributed by atoms with Gasteiger partial charge in [0.2, 0.25) is 11.3 Å². The van der Waals surface area contributed by atoms with E-state index in [-0.39, 0.29) is 6.04 Å². The van der Waals surface area contributed by atoms with E-state index in [0.717, 1.165) is 18.4 Å². The Morgan fingerprint density at radius 2 is 2.21 bits per heavy atom. The van der Waals surface area contributed by atoms with Gasteiger partial charge in [0.1, 0.15) is 0 Å². The van der Waals surface area contributed by atoms with Crippen LogP contribution in [0.4, 0.5) is 0 Å². The Balaban J connectivity index is 2.22. The molecule has 1 unspecified atom stereocenters. The summed E-state index contributed by atoms with van der Waals surface area (Å²) in [6.45, 7) is 0.691. The number of aromatic nitrogens is 1.